The van der Waals surface area contributed by atoms with Gasteiger partial charge in [0.1, 0.15) is 11.6 Å². The monoisotopic (exact) mass is 550 g/mol. The fourth-order valence-corrected chi connectivity index (χ4v) is 5.38. The van der Waals surface area contributed by atoms with Gasteiger partial charge in [-0.2, -0.15) is 5.10 Å². The second kappa shape index (κ2) is 10.4. The fourth-order valence-electron chi connectivity index (χ4n) is 5.38. The van der Waals surface area contributed by atoms with Crippen LogP contribution in [0.2, 0.25) is 0 Å². The average Bonchev–Trinajstić information content (AvgIpc) is 3.49. The van der Waals surface area contributed by atoms with E-state index in [1.54, 1.807) is 29.3 Å². The highest BCUT2D eigenvalue weighted by molar-refractivity contribution is 6.25. The number of aromatic nitrogens is 2. The largest absolute Gasteiger partial charge is 0.444 e. The molecule has 0 saturated carbocycles. The van der Waals surface area contributed by atoms with Crippen LogP contribution in [0.25, 0.3) is 0 Å². The lowest BCUT2D eigenvalue weighted by Gasteiger charge is -2.33. The number of amides is 5. The maximum atomic E-state index is 13.4. The van der Waals surface area contributed by atoms with Crippen LogP contribution in [-0.4, -0.2) is 86.0 Å². The van der Waals surface area contributed by atoms with Crippen LogP contribution in [0.3, 0.4) is 0 Å². The normalized spacial score (nSPS) is 20.3. The molecule has 0 bridgehead atoms. The lowest BCUT2D eigenvalue weighted by molar-refractivity contribution is -0.149. The summed E-state index contributed by atoms with van der Waals surface area (Å²) in [4.78, 5) is 67.2. The molecule has 40 heavy (non-hydrogen) atoms. The van der Waals surface area contributed by atoms with Gasteiger partial charge in [0, 0.05) is 50.6 Å². The van der Waals surface area contributed by atoms with Crippen LogP contribution in [0.1, 0.15) is 78.8 Å². The second-order valence-corrected chi connectivity index (χ2v) is 11.4. The van der Waals surface area contributed by atoms with E-state index < -0.39 is 29.4 Å². The van der Waals surface area contributed by atoms with Crippen LogP contribution < -0.4 is 5.32 Å². The number of nitrogens with zero attached hydrogens (tertiary/aromatic N) is 5. The smallest absolute Gasteiger partial charge is 0.410 e. The molecule has 1 unspecified atom stereocenters. The van der Waals surface area contributed by atoms with E-state index in [4.69, 9.17) is 4.74 Å². The third-order valence-electron chi connectivity index (χ3n) is 7.51. The first-order valence-electron chi connectivity index (χ1n) is 13.5. The molecule has 1 aromatic heterocycles. The summed E-state index contributed by atoms with van der Waals surface area (Å²) < 4.78 is 7.38. The molecule has 12 heteroatoms. The summed E-state index contributed by atoms with van der Waals surface area (Å²) in [5.74, 6) is -1.95. The van der Waals surface area contributed by atoms with Crippen LogP contribution in [0.15, 0.2) is 30.6 Å². The highest BCUT2D eigenvalue weighted by atomic mass is 16.6. The number of nitrogens with one attached hydrogen (secondary N) is 1. The molecule has 1 atom stereocenters. The van der Waals surface area contributed by atoms with Gasteiger partial charge in [-0.1, -0.05) is 6.07 Å². The predicted molar refractivity (Wildman–Crippen MR) is 143 cm³/mol. The van der Waals surface area contributed by atoms with Crippen molar-refractivity contribution in [1.82, 2.24) is 24.5 Å². The minimum Gasteiger partial charge on any atom is -0.444 e. The first kappa shape index (κ1) is 27.4. The molecule has 2 aromatic rings. The Bertz CT molecular complexity index is 1370. The van der Waals surface area contributed by atoms with E-state index in [1.165, 1.54) is 7.05 Å². The number of hydrogen-bond donors (Lipinski definition) is 1. The van der Waals surface area contributed by atoms with Crippen molar-refractivity contribution in [3.63, 3.8) is 0 Å². The lowest BCUT2D eigenvalue weighted by atomic mass is 10.0. The summed E-state index contributed by atoms with van der Waals surface area (Å²) in [6.45, 7) is 7.10. The molecule has 2 saturated heterocycles. The molecule has 0 aliphatic carbocycles. The molecule has 2 fully saturated rings. The summed E-state index contributed by atoms with van der Waals surface area (Å²) in [5.41, 5.74) is 1.31. The molecule has 212 valence electrons. The van der Waals surface area contributed by atoms with Crippen molar-refractivity contribution in [1.29, 1.82) is 0 Å². The quantitative estimate of drug-likeness (QED) is 0.562. The molecule has 12 nitrogen and oxygen atoms in total. The van der Waals surface area contributed by atoms with E-state index in [0.29, 0.717) is 25.3 Å². The van der Waals surface area contributed by atoms with Gasteiger partial charge in [0.15, 0.2) is 0 Å². The molecular weight excluding hydrogens is 516 g/mol. The zero-order valence-corrected chi connectivity index (χ0v) is 23.2. The lowest BCUT2D eigenvalue weighted by Crippen LogP contribution is -2.54. The van der Waals surface area contributed by atoms with Crippen LogP contribution >= 0.6 is 0 Å². The molecule has 0 radical (unpaired) electrons. The third kappa shape index (κ3) is 5.17. The summed E-state index contributed by atoms with van der Waals surface area (Å²) in [6.07, 6.45) is 5.12. The van der Waals surface area contributed by atoms with E-state index in [0.717, 1.165) is 28.2 Å². The topological polar surface area (TPSA) is 134 Å². The van der Waals surface area contributed by atoms with Crippen LogP contribution in [0, 0.1) is 0 Å². The standard InChI is InChI=1S/C28H34N6O6/c1-28(2,3)40-27(39)32-12-10-18(11-13-32)33-16-17(15-30-33)14-29-20-7-5-6-19-23(20)26(38)34(24(19)36)21-8-9-22(35)31(4)25(21)37/h5-7,15-16,18,21,29H,8-14H2,1-4H3. The summed E-state index contributed by atoms with van der Waals surface area (Å²) >= 11 is 0. The molecule has 3 aliphatic heterocycles. The molecule has 5 rings (SSSR count). The van der Waals surface area contributed by atoms with Gasteiger partial charge < -0.3 is 15.0 Å². The number of carbonyl (C=O) groups is 5. The van der Waals surface area contributed by atoms with Crippen LogP contribution in [0.5, 0.6) is 0 Å². The number of fused-ring (bicyclic) bond motifs is 1. The van der Waals surface area contributed by atoms with Crippen LogP contribution in [0.4, 0.5) is 10.5 Å². The summed E-state index contributed by atoms with van der Waals surface area (Å²) in [5, 5.41) is 7.77. The van der Waals surface area contributed by atoms with Gasteiger partial charge in [-0.25, -0.2) is 4.79 Å². The molecular formula is C28H34N6O6. The van der Waals surface area contributed by atoms with Crippen molar-refractivity contribution < 1.29 is 28.7 Å². The van der Waals surface area contributed by atoms with Gasteiger partial charge in [0.25, 0.3) is 17.7 Å². The number of anilines is 1. The molecule has 0 spiro atoms. The Morgan fingerprint density at radius 1 is 1.07 bits per heavy atom. The Balaban J connectivity index is 1.22. The Kier molecular flexibility index (Phi) is 7.11. The highest BCUT2D eigenvalue weighted by Gasteiger charge is 2.47. The molecule has 3 aliphatic rings. The van der Waals surface area contributed by atoms with E-state index in [9.17, 15) is 24.0 Å². The number of likely N-dealkylation sites (N-methyl/N-ethyl adjacent to an activating group) is 1. The van der Waals surface area contributed by atoms with Crippen molar-refractivity contribution >= 4 is 35.4 Å². The molecule has 4 heterocycles. The van der Waals surface area contributed by atoms with Gasteiger partial charge in [0.05, 0.1) is 23.4 Å². The van der Waals surface area contributed by atoms with Crippen molar-refractivity contribution in [2.45, 2.75) is 70.7 Å². The Morgan fingerprint density at radius 3 is 2.50 bits per heavy atom. The molecule has 1 aromatic carbocycles. The van der Waals surface area contributed by atoms with Gasteiger partial charge in [-0.05, 0) is 52.2 Å². The fraction of sp³-hybridized carbons (Fsp3) is 0.500. The summed E-state index contributed by atoms with van der Waals surface area (Å²) in [7, 11) is 1.37. The first-order valence-corrected chi connectivity index (χ1v) is 13.5. The number of rotatable bonds is 5. The first-order chi connectivity index (χ1) is 18.9. The number of ether oxygens (including phenoxy) is 1. The van der Waals surface area contributed by atoms with Crippen molar-refractivity contribution in [2.24, 2.45) is 0 Å². The maximum Gasteiger partial charge on any atom is 0.410 e. The van der Waals surface area contributed by atoms with Gasteiger partial charge in [-0.15, -0.1) is 0 Å². The Morgan fingerprint density at radius 2 is 1.80 bits per heavy atom. The van der Waals surface area contributed by atoms with Crippen molar-refractivity contribution in [3.05, 3.63) is 47.3 Å². The Labute approximate surface area is 232 Å². The average molecular weight is 551 g/mol. The number of piperidine rings is 2. The van der Waals surface area contributed by atoms with Crippen LogP contribution in [-0.2, 0) is 20.9 Å². The second-order valence-electron chi connectivity index (χ2n) is 11.4. The highest BCUT2D eigenvalue weighted by Crippen LogP contribution is 2.33. The predicted octanol–water partition coefficient (Wildman–Crippen LogP) is 2.81. The number of imide groups is 2. The van der Waals surface area contributed by atoms with E-state index in [2.05, 4.69) is 10.4 Å². The number of carbonyl (C=O) groups excluding carboxylic acids is 5. The molecule has 1 N–H and O–H groups in total. The number of hydrogen-bond acceptors (Lipinski definition) is 8. The minimum absolute atomic E-state index is 0.0927. The van der Waals surface area contributed by atoms with E-state index in [1.807, 2.05) is 31.6 Å². The SMILES string of the molecule is CN1C(=O)CCC(N2C(=O)c3cccc(NCc4cnn(C5CCN(C(=O)OC(C)(C)C)CC5)c4)c3C2=O)C1=O. The van der Waals surface area contributed by atoms with Gasteiger partial charge in [0.2, 0.25) is 5.91 Å². The zero-order chi connectivity index (χ0) is 28.8. The van der Waals surface area contributed by atoms with Gasteiger partial charge in [-0.3, -0.25) is 33.7 Å². The zero-order valence-electron chi connectivity index (χ0n) is 23.2. The third-order valence-corrected chi connectivity index (χ3v) is 7.51. The number of likely N-dealkylation sites (tertiary alicyclic amines) is 2. The summed E-state index contributed by atoms with van der Waals surface area (Å²) in [6, 6.07) is 4.14. The minimum atomic E-state index is -0.997. The van der Waals surface area contributed by atoms with E-state index in [-0.39, 0.29) is 42.0 Å². The number of benzene rings is 1. The Hall–Kier alpha value is -4.22. The van der Waals surface area contributed by atoms with E-state index >= 15 is 0 Å². The van der Waals surface area contributed by atoms with Gasteiger partial charge >= 0.3 is 6.09 Å². The van der Waals surface area contributed by atoms with Crippen molar-refractivity contribution in [2.75, 3.05) is 25.5 Å². The maximum absolute atomic E-state index is 13.4. The molecule has 5 amide bonds. The van der Waals surface area contributed by atoms with Crippen molar-refractivity contribution in [3.8, 4) is 0 Å².